The lowest BCUT2D eigenvalue weighted by atomic mass is 9.83. The molecule has 5 rings (SSSR count). The molecule has 128 valence electrons. The molecular weight excluding hydrogens is 334 g/mol. The van der Waals surface area contributed by atoms with E-state index in [2.05, 4.69) is 19.9 Å². The third-order valence-corrected chi connectivity index (χ3v) is 4.72. The van der Waals surface area contributed by atoms with Crippen LogP contribution < -0.4 is 0 Å². The van der Waals surface area contributed by atoms with Gasteiger partial charge in [-0.2, -0.15) is 0 Å². The lowest BCUT2D eigenvalue weighted by Crippen LogP contribution is -2.31. The Morgan fingerprint density at radius 1 is 0.885 bits per heavy atom. The molecule has 4 nitrogen and oxygen atoms in total. The van der Waals surface area contributed by atoms with Gasteiger partial charge in [0.25, 0.3) is 0 Å². The number of alkyl halides is 1. The number of halogens is 2. The normalized spacial score (nSPS) is 22.8. The van der Waals surface area contributed by atoms with E-state index < -0.39 is 17.4 Å². The van der Waals surface area contributed by atoms with Gasteiger partial charge in [0.2, 0.25) is 5.67 Å². The van der Waals surface area contributed by atoms with E-state index in [9.17, 15) is 4.39 Å². The van der Waals surface area contributed by atoms with E-state index in [4.69, 9.17) is 0 Å². The van der Waals surface area contributed by atoms with Crippen LogP contribution in [0.2, 0.25) is 0 Å². The summed E-state index contributed by atoms with van der Waals surface area (Å²) in [5, 5.41) is 0. The molecule has 2 unspecified atom stereocenters. The molecule has 1 aliphatic carbocycles. The Balaban J connectivity index is 1.70. The summed E-state index contributed by atoms with van der Waals surface area (Å²) in [7, 11) is 0. The average molecular weight is 348 g/mol. The summed E-state index contributed by atoms with van der Waals surface area (Å²) in [5.41, 5.74) is 0.553. The number of hydrogen-bond donors (Lipinski definition) is 2. The van der Waals surface area contributed by atoms with Crippen molar-refractivity contribution in [2.45, 2.75) is 11.6 Å². The van der Waals surface area contributed by atoms with E-state index in [-0.39, 0.29) is 11.6 Å². The van der Waals surface area contributed by atoms with Gasteiger partial charge in [0, 0.05) is 0 Å². The second kappa shape index (κ2) is 5.36. The van der Waals surface area contributed by atoms with Crippen molar-refractivity contribution in [1.82, 2.24) is 19.9 Å². The summed E-state index contributed by atoms with van der Waals surface area (Å²) >= 11 is 0. The highest BCUT2D eigenvalue weighted by molar-refractivity contribution is 5.76. The highest BCUT2D eigenvalue weighted by Crippen LogP contribution is 2.47. The summed E-state index contributed by atoms with van der Waals surface area (Å²) in [5.74, 6) is -1.55. The van der Waals surface area contributed by atoms with Crippen molar-refractivity contribution in [3.8, 4) is 0 Å². The smallest absolute Gasteiger partial charge is 0.202 e. The van der Waals surface area contributed by atoms with Crippen LogP contribution in [-0.4, -0.2) is 19.9 Å². The highest BCUT2D eigenvalue weighted by Gasteiger charge is 2.48. The van der Waals surface area contributed by atoms with Gasteiger partial charge in [0.15, 0.2) is 0 Å². The van der Waals surface area contributed by atoms with Crippen LogP contribution in [0.15, 0.2) is 72.6 Å². The number of benzene rings is 2. The van der Waals surface area contributed by atoms with Gasteiger partial charge in [-0.15, -0.1) is 0 Å². The van der Waals surface area contributed by atoms with E-state index in [0.29, 0.717) is 16.6 Å². The minimum absolute atomic E-state index is 0.0589. The summed E-state index contributed by atoms with van der Waals surface area (Å²) < 4.78 is 30.9. The molecule has 0 saturated heterocycles. The maximum Gasteiger partial charge on any atom is 0.202 e. The SMILES string of the molecule is FC1=CC=CC(F)(c2nc3ccccc3[nH]2)C1c1nc2ccccc2[nH]1. The molecular formula is C20H14F2N4. The molecule has 2 aromatic carbocycles. The number of para-hydroxylation sites is 4. The monoisotopic (exact) mass is 348 g/mol. The van der Waals surface area contributed by atoms with E-state index in [1.807, 2.05) is 36.4 Å². The van der Waals surface area contributed by atoms with Crippen molar-refractivity contribution in [2.24, 2.45) is 0 Å². The van der Waals surface area contributed by atoms with Gasteiger partial charge < -0.3 is 9.97 Å². The van der Waals surface area contributed by atoms with Crippen LogP contribution in [0.25, 0.3) is 22.1 Å². The molecule has 2 heterocycles. The minimum atomic E-state index is -2.17. The number of nitrogens with one attached hydrogen (secondary N) is 2. The predicted molar refractivity (Wildman–Crippen MR) is 96.0 cm³/mol. The number of hydrogen-bond acceptors (Lipinski definition) is 2. The summed E-state index contributed by atoms with van der Waals surface area (Å²) in [6.07, 6.45) is 3.96. The van der Waals surface area contributed by atoms with E-state index >= 15 is 4.39 Å². The van der Waals surface area contributed by atoms with Gasteiger partial charge in [-0.1, -0.05) is 30.3 Å². The first-order valence-electron chi connectivity index (χ1n) is 8.29. The topological polar surface area (TPSA) is 57.4 Å². The van der Waals surface area contributed by atoms with Gasteiger partial charge in [-0.3, -0.25) is 0 Å². The van der Waals surface area contributed by atoms with Crippen molar-refractivity contribution in [3.05, 3.63) is 84.2 Å². The van der Waals surface area contributed by atoms with Crippen molar-refractivity contribution in [1.29, 1.82) is 0 Å². The van der Waals surface area contributed by atoms with E-state index in [0.717, 1.165) is 5.52 Å². The van der Waals surface area contributed by atoms with Gasteiger partial charge in [0.1, 0.15) is 23.4 Å². The number of imidazole rings is 2. The highest BCUT2D eigenvalue weighted by atomic mass is 19.2. The fraction of sp³-hybridized carbons (Fsp3) is 0.100. The molecule has 4 aromatic rings. The van der Waals surface area contributed by atoms with E-state index in [1.54, 1.807) is 12.1 Å². The molecule has 0 radical (unpaired) electrons. The Morgan fingerprint density at radius 2 is 1.54 bits per heavy atom. The van der Waals surface area contributed by atoms with Crippen LogP contribution in [0.5, 0.6) is 0 Å². The van der Waals surface area contributed by atoms with Crippen LogP contribution in [0.4, 0.5) is 8.78 Å². The molecule has 0 fully saturated rings. The zero-order valence-corrected chi connectivity index (χ0v) is 13.6. The Morgan fingerprint density at radius 3 is 2.23 bits per heavy atom. The first kappa shape index (κ1) is 15.0. The summed E-state index contributed by atoms with van der Waals surface area (Å²) in [6.45, 7) is 0. The molecule has 2 aromatic heterocycles. The van der Waals surface area contributed by atoms with Gasteiger partial charge in [-0.05, 0) is 36.4 Å². The maximum absolute atomic E-state index is 16.2. The van der Waals surface area contributed by atoms with Crippen LogP contribution >= 0.6 is 0 Å². The number of aromatic nitrogens is 4. The quantitative estimate of drug-likeness (QED) is 0.546. The number of allylic oxidation sites excluding steroid dienone is 4. The van der Waals surface area contributed by atoms with Crippen molar-refractivity contribution < 1.29 is 8.78 Å². The molecule has 0 bridgehead atoms. The first-order chi connectivity index (χ1) is 12.6. The third-order valence-electron chi connectivity index (χ3n) is 4.72. The van der Waals surface area contributed by atoms with Crippen molar-refractivity contribution in [2.75, 3.05) is 0 Å². The zero-order valence-electron chi connectivity index (χ0n) is 13.6. The molecule has 2 atom stereocenters. The maximum atomic E-state index is 16.2. The van der Waals surface area contributed by atoms with Crippen molar-refractivity contribution >= 4 is 22.1 Å². The van der Waals surface area contributed by atoms with Crippen molar-refractivity contribution in [3.63, 3.8) is 0 Å². The molecule has 0 aliphatic heterocycles. The Kier molecular flexibility index (Phi) is 3.09. The zero-order chi connectivity index (χ0) is 17.7. The Hall–Kier alpha value is -3.28. The molecule has 6 heteroatoms. The molecule has 26 heavy (non-hydrogen) atoms. The lowest BCUT2D eigenvalue weighted by Gasteiger charge is -2.29. The Bertz CT molecular complexity index is 1120. The van der Waals surface area contributed by atoms with Gasteiger partial charge in [-0.25, -0.2) is 18.7 Å². The van der Waals surface area contributed by atoms with Crippen LogP contribution in [0.1, 0.15) is 17.6 Å². The number of fused-ring (bicyclic) bond motifs is 2. The minimum Gasteiger partial charge on any atom is -0.341 e. The summed E-state index contributed by atoms with van der Waals surface area (Å²) in [6, 6.07) is 14.6. The van der Waals surface area contributed by atoms with Gasteiger partial charge in [0.05, 0.1) is 22.1 Å². The third kappa shape index (κ3) is 2.12. The van der Waals surface area contributed by atoms with E-state index in [1.165, 1.54) is 18.2 Å². The fourth-order valence-corrected chi connectivity index (χ4v) is 3.46. The standard InChI is InChI=1S/C20H14F2N4/c21-12-6-5-11-20(22,19-25-15-9-3-4-10-16(15)26-19)17(12)18-23-13-7-1-2-8-14(13)24-18/h1-11,17H,(H,23,24)(H,25,26). The summed E-state index contributed by atoms with van der Waals surface area (Å²) in [4.78, 5) is 14.8. The molecule has 2 N–H and O–H groups in total. The first-order valence-corrected chi connectivity index (χ1v) is 8.29. The molecule has 1 aliphatic rings. The largest absolute Gasteiger partial charge is 0.341 e. The second-order valence-corrected chi connectivity index (χ2v) is 6.35. The number of H-pyrrole nitrogens is 2. The predicted octanol–water partition coefficient (Wildman–Crippen LogP) is 4.81. The number of nitrogens with zero attached hydrogens (tertiary/aromatic N) is 2. The molecule has 0 saturated carbocycles. The molecule has 0 spiro atoms. The van der Waals surface area contributed by atoms with Crippen LogP contribution in [0, 0.1) is 0 Å². The second-order valence-electron chi connectivity index (χ2n) is 6.35. The molecule has 0 amide bonds. The van der Waals surface area contributed by atoms with Gasteiger partial charge >= 0.3 is 0 Å². The van der Waals surface area contributed by atoms with Crippen LogP contribution in [0.3, 0.4) is 0 Å². The number of aromatic amines is 2. The Labute approximate surface area is 147 Å². The average Bonchev–Trinajstić information content (AvgIpc) is 3.25. The fourth-order valence-electron chi connectivity index (χ4n) is 3.46. The lowest BCUT2D eigenvalue weighted by molar-refractivity contribution is 0.170. The number of rotatable bonds is 2. The van der Waals surface area contributed by atoms with Crippen LogP contribution in [-0.2, 0) is 5.67 Å².